The number of primary amides is 1. The maximum absolute atomic E-state index is 12.4. The van der Waals surface area contributed by atoms with E-state index in [9.17, 15) is 14.4 Å². The third-order valence-corrected chi connectivity index (χ3v) is 5.64. The van der Waals surface area contributed by atoms with Gasteiger partial charge in [0.15, 0.2) is 0 Å². The monoisotopic (exact) mass is 387 g/mol. The van der Waals surface area contributed by atoms with E-state index in [-0.39, 0.29) is 23.6 Å². The quantitative estimate of drug-likeness (QED) is 0.771. The molecule has 8 heteroatoms. The number of nitrogens with two attached hydrogens (primary N) is 1. The fraction of sp³-hybridized carbons (Fsp3) is 0.600. The van der Waals surface area contributed by atoms with Crippen molar-refractivity contribution in [2.24, 2.45) is 11.7 Å². The molecular formula is C20H29N5O3. The van der Waals surface area contributed by atoms with Crippen molar-refractivity contribution >= 4 is 23.5 Å². The lowest BCUT2D eigenvalue weighted by Gasteiger charge is -2.35. The lowest BCUT2D eigenvalue weighted by molar-refractivity contribution is -0.135. The van der Waals surface area contributed by atoms with Crippen molar-refractivity contribution in [3.63, 3.8) is 0 Å². The van der Waals surface area contributed by atoms with Gasteiger partial charge in [0, 0.05) is 64.2 Å². The summed E-state index contributed by atoms with van der Waals surface area (Å²) in [5.41, 5.74) is 5.32. The maximum Gasteiger partial charge on any atom is 0.222 e. The number of hydrogen-bond acceptors (Lipinski definition) is 5. The van der Waals surface area contributed by atoms with Gasteiger partial charge in [-0.1, -0.05) is 6.07 Å². The molecule has 3 rings (SSSR count). The van der Waals surface area contributed by atoms with Gasteiger partial charge in [-0.25, -0.2) is 4.98 Å². The Morgan fingerprint density at radius 3 is 2.07 bits per heavy atom. The van der Waals surface area contributed by atoms with Crippen molar-refractivity contribution < 1.29 is 14.4 Å². The molecule has 0 atom stereocenters. The van der Waals surface area contributed by atoms with Gasteiger partial charge in [-0.3, -0.25) is 14.4 Å². The molecule has 8 nitrogen and oxygen atoms in total. The minimum absolute atomic E-state index is 0.0655. The largest absolute Gasteiger partial charge is 0.369 e. The second kappa shape index (κ2) is 9.52. The van der Waals surface area contributed by atoms with Crippen molar-refractivity contribution in [1.29, 1.82) is 0 Å². The zero-order valence-corrected chi connectivity index (χ0v) is 16.3. The van der Waals surface area contributed by atoms with Crippen LogP contribution < -0.4 is 10.6 Å². The van der Waals surface area contributed by atoms with E-state index < -0.39 is 0 Å². The first-order valence-corrected chi connectivity index (χ1v) is 10.1. The molecule has 0 bridgehead atoms. The Morgan fingerprint density at radius 1 is 0.929 bits per heavy atom. The first-order chi connectivity index (χ1) is 13.5. The van der Waals surface area contributed by atoms with Crippen LogP contribution in [-0.4, -0.2) is 71.8 Å². The molecule has 0 saturated carbocycles. The molecule has 2 saturated heterocycles. The van der Waals surface area contributed by atoms with Gasteiger partial charge < -0.3 is 20.4 Å². The lowest BCUT2D eigenvalue weighted by Crippen LogP contribution is -2.49. The van der Waals surface area contributed by atoms with E-state index >= 15 is 0 Å². The maximum atomic E-state index is 12.4. The molecule has 28 heavy (non-hydrogen) atoms. The number of anilines is 1. The normalized spacial score (nSPS) is 18.2. The summed E-state index contributed by atoms with van der Waals surface area (Å²) in [6, 6.07) is 5.84. The standard InChI is InChI=1S/C20H29N5O3/c21-20(28)16-7-10-24(11-8-16)18(26)5-3-6-19(27)25-14-12-23(13-15-25)17-4-1-2-9-22-17/h1-2,4,9,16H,3,5-8,10-15H2,(H2,21,28). The number of pyridine rings is 1. The first kappa shape index (κ1) is 20.1. The van der Waals surface area contributed by atoms with Crippen LogP contribution in [0.25, 0.3) is 0 Å². The van der Waals surface area contributed by atoms with E-state index in [1.807, 2.05) is 23.1 Å². The summed E-state index contributed by atoms with van der Waals surface area (Å²) in [5, 5.41) is 0. The summed E-state index contributed by atoms with van der Waals surface area (Å²) >= 11 is 0. The molecule has 0 aromatic carbocycles. The van der Waals surface area contributed by atoms with Crippen LogP contribution in [0.3, 0.4) is 0 Å². The number of piperazine rings is 1. The summed E-state index contributed by atoms with van der Waals surface area (Å²) in [5.74, 6) is 0.730. The van der Waals surface area contributed by atoms with Crippen LogP contribution in [0, 0.1) is 5.92 Å². The van der Waals surface area contributed by atoms with Gasteiger partial charge in [-0.2, -0.15) is 0 Å². The van der Waals surface area contributed by atoms with Crippen LogP contribution in [-0.2, 0) is 14.4 Å². The number of likely N-dealkylation sites (tertiary alicyclic amines) is 1. The minimum Gasteiger partial charge on any atom is -0.369 e. The summed E-state index contributed by atoms with van der Waals surface area (Å²) in [4.78, 5) is 46.1. The van der Waals surface area contributed by atoms with E-state index in [0.29, 0.717) is 58.3 Å². The fourth-order valence-corrected chi connectivity index (χ4v) is 3.85. The highest BCUT2D eigenvalue weighted by Crippen LogP contribution is 2.18. The molecular weight excluding hydrogens is 358 g/mol. The second-order valence-electron chi connectivity index (χ2n) is 7.47. The van der Waals surface area contributed by atoms with Gasteiger partial charge in [-0.05, 0) is 31.4 Å². The van der Waals surface area contributed by atoms with Crippen molar-refractivity contribution in [2.75, 3.05) is 44.2 Å². The molecule has 3 heterocycles. The molecule has 2 N–H and O–H groups in total. The summed E-state index contributed by atoms with van der Waals surface area (Å²) in [6.07, 6.45) is 4.39. The molecule has 2 fully saturated rings. The molecule has 0 spiro atoms. The van der Waals surface area contributed by atoms with Crippen LogP contribution >= 0.6 is 0 Å². The molecule has 2 aliphatic heterocycles. The number of piperidine rings is 1. The summed E-state index contributed by atoms with van der Waals surface area (Å²) in [7, 11) is 0. The van der Waals surface area contributed by atoms with Crippen LogP contribution in [0.2, 0.25) is 0 Å². The first-order valence-electron chi connectivity index (χ1n) is 10.1. The van der Waals surface area contributed by atoms with E-state index in [1.54, 1.807) is 11.1 Å². The predicted molar refractivity (Wildman–Crippen MR) is 105 cm³/mol. The number of aromatic nitrogens is 1. The third kappa shape index (κ3) is 5.21. The minimum atomic E-state index is -0.277. The second-order valence-corrected chi connectivity index (χ2v) is 7.47. The summed E-state index contributed by atoms with van der Waals surface area (Å²) in [6.45, 7) is 4.08. The van der Waals surface area contributed by atoms with Gasteiger partial charge >= 0.3 is 0 Å². The van der Waals surface area contributed by atoms with Crippen molar-refractivity contribution in [2.45, 2.75) is 32.1 Å². The van der Waals surface area contributed by atoms with Crippen LogP contribution in [0.4, 0.5) is 5.82 Å². The lowest BCUT2D eigenvalue weighted by atomic mass is 9.96. The summed E-state index contributed by atoms with van der Waals surface area (Å²) < 4.78 is 0. The third-order valence-electron chi connectivity index (χ3n) is 5.64. The highest BCUT2D eigenvalue weighted by atomic mass is 16.2. The molecule has 2 aliphatic rings. The number of carbonyl (C=O) groups is 3. The average molecular weight is 387 g/mol. The molecule has 1 aromatic heterocycles. The SMILES string of the molecule is NC(=O)C1CCN(C(=O)CCCC(=O)N2CCN(c3ccccn3)CC2)CC1. The Balaban J connectivity index is 1.34. The smallest absolute Gasteiger partial charge is 0.222 e. The molecule has 0 radical (unpaired) electrons. The van der Waals surface area contributed by atoms with Crippen molar-refractivity contribution in [3.8, 4) is 0 Å². The predicted octanol–water partition coefficient (Wildman–Crippen LogP) is 0.624. The van der Waals surface area contributed by atoms with E-state index in [0.717, 1.165) is 18.9 Å². The van der Waals surface area contributed by atoms with E-state index in [1.165, 1.54) is 0 Å². The zero-order valence-electron chi connectivity index (χ0n) is 16.3. The Kier molecular flexibility index (Phi) is 6.84. The Bertz CT molecular complexity index is 680. The van der Waals surface area contributed by atoms with Crippen molar-refractivity contribution in [1.82, 2.24) is 14.8 Å². The van der Waals surface area contributed by atoms with Gasteiger partial charge in [0.25, 0.3) is 0 Å². The zero-order chi connectivity index (χ0) is 19.9. The Morgan fingerprint density at radius 2 is 1.54 bits per heavy atom. The fourth-order valence-electron chi connectivity index (χ4n) is 3.85. The number of amides is 3. The van der Waals surface area contributed by atoms with Gasteiger partial charge in [0.1, 0.15) is 5.82 Å². The van der Waals surface area contributed by atoms with Gasteiger partial charge in [-0.15, -0.1) is 0 Å². The highest BCUT2D eigenvalue weighted by Gasteiger charge is 2.26. The molecule has 0 aliphatic carbocycles. The van der Waals surface area contributed by atoms with Gasteiger partial charge in [0.2, 0.25) is 17.7 Å². The Hall–Kier alpha value is -2.64. The number of rotatable bonds is 6. The van der Waals surface area contributed by atoms with Crippen LogP contribution in [0.1, 0.15) is 32.1 Å². The van der Waals surface area contributed by atoms with Gasteiger partial charge in [0.05, 0.1) is 0 Å². The number of hydrogen-bond donors (Lipinski definition) is 1. The van der Waals surface area contributed by atoms with Crippen LogP contribution in [0.15, 0.2) is 24.4 Å². The van der Waals surface area contributed by atoms with E-state index in [4.69, 9.17) is 5.73 Å². The van der Waals surface area contributed by atoms with Crippen molar-refractivity contribution in [3.05, 3.63) is 24.4 Å². The molecule has 152 valence electrons. The highest BCUT2D eigenvalue weighted by molar-refractivity contribution is 5.80. The molecule has 0 unspecified atom stereocenters. The Labute approximate surface area is 165 Å². The average Bonchev–Trinajstić information content (AvgIpc) is 2.74. The molecule has 1 aromatic rings. The van der Waals surface area contributed by atoms with Crippen LogP contribution in [0.5, 0.6) is 0 Å². The topological polar surface area (TPSA) is 99.8 Å². The van der Waals surface area contributed by atoms with E-state index in [2.05, 4.69) is 9.88 Å². The number of carbonyl (C=O) groups excluding carboxylic acids is 3. The molecule has 3 amide bonds. The number of nitrogens with zero attached hydrogens (tertiary/aromatic N) is 4.